The highest BCUT2D eigenvalue weighted by Gasteiger charge is 2.05. The van der Waals surface area contributed by atoms with E-state index in [1.54, 1.807) is 11.8 Å². The Labute approximate surface area is 149 Å². The SMILES string of the molecule is Cc1cc(C)nc(SCC(=O)NCCSc2ccc(Cl)cc2)n1. The summed E-state index contributed by atoms with van der Waals surface area (Å²) in [6.07, 6.45) is 0. The molecule has 1 heterocycles. The minimum absolute atomic E-state index is 0.00512. The molecule has 4 nitrogen and oxygen atoms in total. The second kappa shape index (κ2) is 9.15. The van der Waals surface area contributed by atoms with Crippen LogP contribution in [0.15, 0.2) is 40.4 Å². The van der Waals surface area contributed by atoms with Crippen LogP contribution in [0.5, 0.6) is 0 Å². The smallest absolute Gasteiger partial charge is 0.230 e. The van der Waals surface area contributed by atoms with Crippen LogP contribution in [-0.2, 0) is 4.79 Å². The van der Waals surface area contributed by atoms with Crippen molar-refractivity contribution in [2.75, 3.05) is 18.1 Å². The third-order valence-corrected chi connectivity index (χ3v) is 4.91. The number of carbonyl (C=O) groups is 1. The van der Waals surface area contributed by atoms with Gasteiger partial charge in [-0.2, -0.15) is 0 Å². The fraction of sp³-hybridized carbons (Fsp3) is 0.312. The molecule has 0 aliphatic carbocycles. The maximum Gasteiger partial charge on any atom is 0.230 e. The predicted molar refractivity (Wildman–Crippen MR) is 97.4 cm³/mol. The number of thioether (sulfide) groups is 2. The number of amides is 1. The lowest BCUT2D eigenvalue weighted by molar-refractivity contribution is -0.118. The standard InChI is InChI=1S/C16H18ClN3OS2/c1-11-9-12(2)20-16(19-11)23-10-15(21)18-7-8-22-14-5-3-13(17)4-6-14/h3-6,9H,7-8,10H2,1-2H3,(H,18,21). The van der Waals surface area contributed by atoms with Crippen molar-refractivity contribution in [3.05, 3.63) is 46.7 Å². The Balaban J connectivity index is 1.66. The van der Waals surface area contributed by atoms with Gasteiger partial charge >= 0.3 is 0 Å². The van der Waals surface area contributed by atoms with Gasteiger partial charge in [0.15, 0.2) is 5.16 Å². The Hall–Kier alpha value is -1.24. The van der Waals surface area contributed by atoms with Gasteiger partial charge in [0, 0.05) is 33.6 Å². The van der Waals surface area contributed by atoms with Crippen molar-refractivity contribution in [3.8, 4) is 0 Å². The van der Waals surface area contributed by atoms with Crippen LogP contribution >= 0.6 is 35.1 Å². The summed E-state index contributed by atoms with van der Waals surface area (Å²) in [5.41, 5.74) is 1.83. The summed E-state index contributed by atoms with van der Waals surface area (Å²) in [6, 6.07) is 9.59. The molecule has 0 bridgehead atoms. The third kappa shape index (κ3) is 6.81. The maximum atomic E-state index is 11.8. The number of halogens is 1. The molecular weight excluding hydrogens is 350 g/mol. The Morgan fingerprint density at radius 2 is 1.78 bits per heavy atom. The van der Waals surface area contributed by atoms with E-state index in [-0.39, 0.29) is 5.91 Å². The number of aromatic nitrogens is 2. The summed E-state index contributed by atoms with van der Waals surface area (Å²) >= 11 is 8.88. The minimum Gasteiger partial charge on any atom is -0.355 e. The molecule has 7 heteroatoms. The molecule has 2 rings (SSSR count). The Kier molecular flexibility index (Phi) is 7.20. The molecule has 2 aromatic rings. The summed E-state index contributed by atoms with van der Waals surface area (Å²) in [4.78, 5) is 21.6. The van der Waals surface area contributed by atoms with Crippen molar-refractivity contribution in [3.63, 3.8) is 0 Å². The van der Waals surface area contributed by atoms with Crippen LogP contribution in [0.25, 0.3) is 0 Å². The number of hydrogen-bond donors (Lipinski definition) is 1. The molecular formula is C16H18ClN3OS2. The van der Waals surface area contributed by atoms with E-state index >= 15 is 0 Å². The molecule has 0 aliphatic rings. The van der Waals surface area contributed by atoms with E-state index in [0.717, 1.165) is 27.1 Å². The second-order valence-electron chi connectivity index (χ2n) is 4.87. The Morgan fingerprint density at radius 3 is 2.43 bits per heavy atom. The molecule has 1 N–H and O–H groups in total. The van der Waals surface area contributed by atoms with Gasteiger partial charge in [-0.05, 0) is 44.2 Å². The van der Waals surface area contributed by atoms with Gasteiger partial charge < -0.3 is 5.32 Å². The number of nitrogens with one attached hydrogen (secondary N) is 1. The first-order valence-corrected chi connectivity index (χ1v) is 9.48. The van der Waals surface area contributed by atoms with E-state index in [1.165, 1.54) is 11.8 Å². The lowest BCUT2D eigenvalue weighted by atomic mass is 10.4. The first-order chi connectivity index (χ1) is 11.0. The van der Waals surface area contributed by atoms with Gasteiger partial charge in [0.1, 0.15) is 0 Å². The number of nitrogens with zero attached hydrogens (tertiary/aromatic N) is 2. The highest BCUT2D eigenvalue weighted by atomic mass is 35.5. The van der Waals surface area contributed by atoms with Crippen molar-refractivity contribution >= 4 is 41.0 Å². The van der Waals surface area contributed by atoms with E-state index in [0.29, 0.717) is 17.5 Å². The van der Waals surface area contributed by atoms with Crippen LogP contribution < -0.4 is 5.32 Å². The zero-order valence-electron chi connectivity index (χ0n) is 13.0. The zero-order valence-corrected chi connectivity index (χ0v) is 15.4. The van der Waals surface area contributed by atoms with Gasteiger partial charge in [0.2, 0.25) is 5.91 Å². The summed E-state index contributed by atoms with van der Waals surface area (Å²) in [7, 11) is 0. The van der Waals surface area contributed by atoms with Crippen LogP contribution in [-0.4, -0.2) is 33.9 Å². The number of hydrogen-bond acceptors (Lipinski definition) is 5. The highest BCUT2D eigenvalue weighted by Crippen LogP contribution is 2.19. The van der Waals surface area contributed by atoms with Crippen LogP contribution in [0.4, 0.5) is 0 Å². The van der Waals surface area contributed by atoms with E-state index in [1.807, 2.05) is 44.2 Å². The topological polar surface area (TPSA) is 54.9 Å². The van der Waals surface area contributed by atoms with Crippen LogP contribution in [0, 0.1) is 13.8 Å². The number of aryl methyl sites for hydroxylation is 2. The van der Waals surface area contributed by atoms with Gasteiger partial charge in [-0.15, -0.1) is 11.8 Å². The minimum atomic E-state index is -0.00512. The summed E-state index contributed by atoms with van der Waals surface area (Å²) in [5, 5.41) is 4.28. The van der Waals surface area contributed by atoms with Crippen molar-refractivity contribution in [1.29, 1.82) is 0 Å². The Bertz CT molecular complexity index is 645. The molecule has 0 saturated heterocycles. The quantitative estimate of drug-likeness (QED) is 0.459. The maximum absolute atomic E-state index is 11.8. The van der Waals surface area contributed by atoms with Gasteiger partial charge in [0.05, 0.1) is 5.75 Å². The van der Waals surface area contributed by atoms with E-state index in [2.05, 4.69) is 15.3 Å². The molecule has 1 aromatic carbocycles. The molecule has 0 aliphatic heterocycles. The fourth-order valence-corrected chi connectivity index (χ4v) is 3.50. The molecule has 1 aromatic heterocycles. The van der Waals surface area contributed by atoms with Gasteiger partial charge in [-0.1, -0.05) is 23.4 Å². The first kappa shape index (κ1) is 18.1. The average molecular weight is 368 g/mol. The normalized spacial score (nSPS) is 10.6. The van der Waals surface area contributed by atoms with Gasteiger partial charge in [0.25, 0.3) is 0 Å². The molecule has 122 valence electrons. The highest BCUT2D eigenvalue weighted by molar-refractivity contribution is 7.99. The van der Waals surface area contributed by atoms with Crippen molar-refractivity contribution in [2.45, 2.75) is 23.9 Å². The molecule has 23 heavy (non-hydrogen) atoms. The van der Waals surface area contributed by atoms with Crippen molar-refractivity contribution < 1.29 is 4.79 Å². The van der Waals surface area contributed by atoms with E-state index in [4.69, 9.17) is 11.6 Å². The molecule has 0 saturated carbocycles. The van der Waals surface area contributed by atoms with Crippen molar-refractivity contribution in [2.24, 2.45) is 0 Å². The average Bonchev–Trinajstić information content (AvgIpc) is 2.50. The number of rotatable bonds is 7. The van der Waals surface area contributed by atoms with Crippen LogP contribution in [0.3, 0.4) is 0 Å². The molecule has 0 fully saturated rings. The van der Waals surface area contributed by atoms with Crippen molar-refractivity contribution in [1.82, 2.24) is 15.3 Å². The van der Waals surface area contributed by atoms with Crippen LogP contribution in [0.1, 0.15) is 11.4 Å². The molecule has 1 amide bonds. The summed E-state index contributed by atoms with van der Waals surface area (Å²) < 4.78 is 0. The second-order valence-corrected chi connectivity index (χ2v) is 7.42. The molecule has 0 spiro atoms. The molecule has 0 radical (unpaired) electrons. The van der Waals surface area contributed by atoms with E-state index < -0.39 is 0 Å². The summed E-state index contributed by atoms with van der Waals surface area (Å²) in [6.45, 7) is 4.47. The summed E-state index contributed by atoms with van der Waals surface area (Å²) in [5.74, 6) is 1.14. The van der Waals surface area contributed by atoms with Gasteiger partial charge in [-0.3, -0.25) is 4.79 Å². The van der Waals surface area contributed by atoms with E-state index in [9.17, 15) is 4.79 Å². The lowest BCUT2D eigenvalue weighted by Crippen LogP contribution is -2.27. The number of benzene rings is 1. The Morgan fingerprint density at radius 1 is 1.13 bits per heavy atom. The first-order valence-electron chi connectivity index (χ1n) is 7.13. The largest absolute Gasteiger partial charge is 0.355 e. The molecule has 0 unspecified atom stereocenters. The monoisotopic (exact) mass is 367 g/mol. The van der Waals surface area contributed by atoms with Gasteiger partial charge in [-0.25, -0.2) is 9.97 Å². The molecule has 0 atom stereocenters. The predicted octanol–water partition coefficient (Wildman–Crippen LogP) is 3.75. The third-order valence-electron chi connectivity index (χ3n) is 2.80. The lowest BCUT2D eigenvalue weighted by Gasteiger charge is -2.06. The fourth-order valence-electron chi connectivity index (χ4n) is 1.83. The number of carbonyl (C=O) groups excluding carboxylic acids is 1. The van der Waals surface area contributed by atoms with Crippen LogP contribution in [0.2, 0.25) is 5.02 Å². The zero-order chi connectivity index (χ0) is 16.7.